The highest BCUT2D eigenvalue weighted by Gasteiger charge is 2.77. The number of aliphatic hydroxyl groups excluding tert-OH is 1. The average Bonchev–Trinajstić information content (AvgIpc) is 3.04. The first-order valence-electron chi connectivity index (χ1n) is 6.53. The Morgan fingerprint density at radius 3 is 2.59 bits per heavy atom. The van der Waals surface area contributed by atoms with E-state index in [-0.39, 0.29) is 23.5 Å². The molecule has 0 radical (unpaired) electrons. The van der Waals surface area contributed by atoms with Crippen molar-refractivity contribution < 1.29 is 9.84 Å². The van der Waals surface area contributed by atoms with Gasteiger partial charge < -0.3 is 9.84 Å². The Labute approximate surface area is 103 Å². The summed E-state index contributed by atoms with van der Waals surface area (Å²) in [5.41, 5.74) is 1.33. The molecule has 3 unspecified atom stereocenters. The van der Waals surface area contributed by atoms with Crippen molar-refractivity contribution in [2.45, 2.75) is 36.7 Å². The minimum atomic E-state index is -0.0959. The molecule has 3 atom stereocenters. The maximum Gasteiger partial charge on any atom is 0.0838 e. The van der Waals surface area contributed by atoms with E-state index in [0.717, 1.165) is 12.8 Å². The fraction of sp³-hybridized carbons (Fsp3) is 0.600. The Morgan fingerprint density at radius 2 is 1.94 bits per heavy atom. The molecular formula is C15H20O2. The van der Waals surface area contributed by atoms with Crippen LogP contribution in [0, 0.1) is 5.92 Å². The van der Waals surface area contributed by atoms with E-state index >= 15 is 0 Å². The van der Waals surface area contributed by atoms with Crippen LogP contribution in [0.25, 0.3) is 0 Å². The highest BCUT2D eigenvalue weighted by atomic mass is 16.5. The van der Waals surface area contributed by atoms with Gasteiger partial charge in [-0.25, -0.2) is 0 Å². The number of fused-ring (bicyclic) bond motifs is 1. The molecule has 0 heterocycles. The molecule has 1 aromatic rings. The third kappa shape index (κ3) is 1.23. The lowest BCUT2D eigenvalue weighted by molar-refractivity contribution is 0.0225. The Kier molecular flexibility index (Phi) is 2.53. The van der Waals surface area contributed by atoms with Gasteiger partial charge in [-0.1, -0.05) is 43.2 Å². The third-order valence-corrected chi connectivity index (χ3v) is 5.03. The second-order valence-corrected chi connectivity index (χ2v) is 5.37. The van der Waals surface area contributed by atoms with Gasteiger partial charge in [-0.3, -0.25) is 0 Å². The first kappa shape index (κ1) is 11.2. The molecule has 0 aromatic heterocycles. The standard InChI is InChI=1S/C15H20O2/c1-17-15-10-6-5-9-14(15,13(15)11-16)12-7-3-2-4-8-12/h2-4,7-8,13,16H,5-6,9-11H2,1H3. The molecule has 3 rings (SSSR count). The van der Waals surface area contributed by atoms with Gasteiger partial charge >= 0.3 is 0 Å². The van der Waals surface area contributed by atoms with Gasteiger partial charge in [0.1, 0.15) is 0 Å². The molecule has 0 bridgehead atoms. The van der Waals surface area contributed by atoms with E-state index in [0.29, 0.717) is 0 Å². The van der Waals surface area contributed by atoms with Crippen molar-refractivity contribution in [3.05, 3.63) is 35.9 Å². The van der Waals surface area contributed by atoms with Crippen LogP contribution < -0.4 is 0 Å². The fourth-order valence-corrected chi connectivity index (χ4v) is 4.29. The first-order valence-corrected chi connectivity index (χ1v) is 6.53. The molecule has 17 heavy (non-hydrogen) atoms. The van der Waals surface area contributed by atoms with Crippen molar-refractivity contribution in [2.75, 3.05) is 13.7 Å². The van der Waals surface area contributed by atoms with Crippen LogP contribution in [0.15, 0.2) is 30.3 Å². The average molecular weight is 232 g/mol. The molecule has 0 amide bonds. The van der Waals surface area contributed by atoms with Crippen molar-refractivity contribution in [1.82, 2.24) is 0 Å². The lowest BCUT2D eigenvalue weighted by Gasteiger charge is -2.29. The van der Waals surface area contributed by atoms with Gasteiger partial charge in [0.15, 0.2) is 0 Å². The summed E-state index contributed by atoms with van der Waals surface area (Å²) in [6.45, 7) is 0.239. The summed E-state index contributed by atoms with van der Waals surface area (Å²) >= 11 is 0. The van der Waals surface area contributed by atoms with Gasteiger partial charge in [0.05, 0.1) is 5.60 Å². The number of methoxy groups -OCH3 is 1. The quantitative estimate of drug-likeness (QED) is 0.867. The molecule has 0 aliphatic heterocycles. The number of hydrogen-bond acceptors (Lipinski definition) is 2. The van der Waals surface area contributed by atoms with E-state index in [1.165, 1.54) is 18.4 Å². The number of aliphatic hydroxyl groups is 1. The lowest BCUT2D eigenvalue weighted by atomic mass is 9.80. The third-order valence-electron chi connectivity index (χ3n) is 5.03. The van der Waals surface area contributed by atoms with Crippen LogP contribution in [0.2, 0.25) is 0 Å². The number of ether oxygens (including phenoxy) is 1. The fourth-order valence-electron chi connectivity index (χ4n) is 4.29. The molecule has 2 saturated carbocycles. The molecule has 0 spiro atoms. The minimum absolute atomic E-state index is 0.0794. The highest BCUT2D eigenvalue weighted by Crippen LogP contribution is 2.71. The molecule has 1 N–H and O–H groups in total. The van der Waals surface area contributed by atoms with E-state index in [1.807, 2.05) is 6.07 Å². The molecule has 2 heteroatoms. The van der Waals surface area contributed by atoms with E-state index in [4.69, 9.17) is 4.74 Å². The topological polar surface area (TPSA) is 29.5 Å². The summed E-state index contributed by atoms with van der Waals surface area (Å²) in [5, 5.41) is 9.68. The molecule has 2 nitrogen and oxygen atoms in total. The smallest absolute Gasteiger partial charge is 0.0838 e. The van der Waals surface area contributed by atoms with E-state index in [1.54, 1.807) is 7.11 Å². The molecule has 2 aliphatic carbocycles. The molecule has 0 saturated heterocycles. The summed E-state index contributed by atoms with van der Waals surface area (Å²) in [6, 6.07) is 10.6. The maximum atomic E-state index is 9.68. The van der Waals surface area contributed by atoms with Crippen LogP contribution in [0.1, 0.15) is 31.2 Å². The van der Waals surface area contributed by atoms with Crippen LogP contribution in [-0.2, 0) is 10.2 Å². The van der Waals surface area contributed by atoms with Gasteiger partial charge in [-0.2, -0.15) is 0 Å². The SMILES string of the molecule is COC12CCCCC1(c1ccccc1)C2CO. The summed E-state index contributed by atoms with van der Waals surface area (Å²) in [6.07, 6.45) is 4.70. The van der Waals surface area contributed by atoms with Gasteiger partial charge in [-0.05, 0) is 18.4 Å². The van der Waals surface area contributed by atoms with E-state index < -0.39 is 0 Å². The predicted molar refractivity (Wildman–Crippen MR) is 66.9 cm³/mol. The summed E-state index contributed by atoms with van der Waals surface area (Å²) in [5.74, 6) is 0.282. The van der Waals surface area contributed by atoms with Gasteiger partial charge in [0, 0.05) is 25.0 Å². The maximum absolute atomic E-state index is 9.68. The van der Waals surface area contributed by atoms with Crippen LogP contribution in [0.3, 0.4) is 0 Å². The zero-order valence-electron chi connectivity index (χ0n) is 10.4. The lowest BCUT2D eigenvalue weighted by Crippen LogP contribution is -2.29. The predicted octanol–water partition coefficient (Wildman–Crippen LogP) is 2.51. The second kappa shape index (κ2) is 3.82. The Balaban J connectivity index is 2.05. The van der Waals surface area contributed by atoms with E-state index in [9.17, 15) is 5.11 Å². The minimum Gasteiger partial charge on any atom is -0.396 e. The molecule has 2 fully saturated rings. The van der Waals surface area contributed by atoms with Crippen molar-refractivity contribution >= 4 is 0 Å². The Bertz CT molecular complexity index is 403. The van der Waals surface area contributed by atoms with Crippen LogP contribution in [0.4, 0.5) is 0 Å². The van der Waals surface area contributed by atoms with Crippen molar-refractivity contribution in [1.29, 1.82) is 0 Å². The zero-order valence-corrected chi connectivity index (χ0v) is 10.4. The Hall–Kier alpha value is -0.860. The normalized spacial score (nSPS) is 39.8. The van der Waals surface area contributed by atoms with Crippen molar-refractivity contribution in [3.8, 4) is 0 Å². The van der Waals surface area contributed by atoms with Crippen LogP contribution in [-0.4, -0.2) is 24.4 Å². The van der Waals surface area contributed by atoms with E-state index in [2.05, 4.69) is 24.3 Å². The highest BCUT2D eigenvalue weighted by molar-refractivity contribution is 5.44. The summed E-state index contributed by atoms with van der Waals surface area (Å²) in [7, 11) is 1.80. The van der Waals surface area contributed by atoms with Crippen LogP contribution >= 0.6 is 0 Å². The number of benzene rings is 1. The second-order valence-electron chi connectivity index (χ2n) is 5.37. The van der Waals surface area contributed by atoms with Crippen molar-refractivity contribution in [2.24, 2.45) is 5.92 Å². The van der Waals surface area contributed by atoms with Gasteiger partial charge in [-0.15, -0.1) is 0 Å². The zero-order chi connectivity index (χ0) is 11.9. The van der Waals surface area contributed by atoms with Gasteiger partial charge in [0.2, 0.25) is 0 Å². The van der Waals surface area contributed by atoms with Gasteiger partial charge in [0.25, 0.3) is 0 Å². The van der Waals surface area contributed by atoms with Crippen molar-refractivity contribution in [3.63, 3.8) is 0 Å². The molecule has 1 aromatic carbocycles. The Morgan fingerprint density at radius 1 is 1.24 bits per heavy atom. The number of hydrogen-bond donors (Lipinski definition) is 1. The molecular weight excluding hydrogens is 212 g/mol. The van der Waals surface area contributed by atoms with Crippen LogP contribution in [0.5, 0.6) is 0 Å². The molecule has 92 valence electrons. The summed E-state index contributed by atoms with van der Waals surface area (Å²) < 4.78 is 5.85. The monoisotopic (exact) mass is 232 g/mol. The first-order chi connectivity index (χ1) is 8.32. The summed E-state index contributed by atoms with van der Waals surface area (Å²) in [4.78, 5) is 0. The molecule has 2 aliphatic rings. The number of rotatable bonds is 3. The largest absolute Gasteiger partial charge is 0.396 e.